The summed E-state index contributed by atoms with van der Waals surface area (Å²) < 4.78 is 24.0. The molecule has 0 bridgehead atoms. The van der Waals surface area contributed by atoms with E-state index in [4.69, 9.17) is 30.5 Å². The summed E-state index contributed by atoms with van der Waals surface area (Å²) in [5, 5.41) is 9.87. The molecule has 1 N–H and O–H groups in total. The van der Waals surface area contributed by atoms with Crippen molar-refractivity contribution in [3.63, 3.8) is 0 Å². The van der Waals surface area contributed by atoms with Crippen LogP contribution in [0.4, 0.5) is 0 Å². The fourth-order valence-electron chi connectivity index (χ4n) is 6.28. The molecule has 6 nitrogen and oxygen atoms in total. The smallest absolute Gasteiger partial charge is 0.304 e. The van der Waals surface area contributed by atoms with Crippen molar-refractivity contribution in [2.45, 2.75) is 64.1 Å². The molecule has 0 saturated carbocycles. The Hall–Kier alpha value is -3.22. The van der Waals surface area contributed by atoms with E-state index in [-0.39, 0.29) is 24.5 Å². The Morgan fingerprint density at radius 2 is 1.74 bits per heavy atom. The summed E-state index contributed by atoms with van der Waals surface area (Å²) in [4.78, 5) is 11.2. The van der Waals surface area contributed by atoms with Crippen molar-refractivity contribution >= 4 is 17.6 Å². The van der Waals surface area contributed by atoms with Gasteiger partial charge in [0.15, 0.2) is 0 Å². The molecule has 1 saturated heterocycles. The van der Waals surface area contributed by atoms with Crippen LogP contribution in [0.3, 0.4) is 0 Å². The summed E-state index contributed by atoms with van der Waals surface area (Å²) in [6.07, 6.45) is 3.73. The third kappa shape index (κ3) is 5.32. The molecule has 204 valence electrons. The topological polar surface area (TPSA) is 74.2 Å². The lowest BCUT2D eigenvalue weighted by molar-refractivity contribution is -0.137. The predicted molar refractivity (Wildman–Crippen MR) is 149 cm³/mol. The van der Waals surface area contributed by atoms with Crippen molar-refractivity contribution in [1.82, 2.24) is 0 Å². The van der Waals surface area contributed by atoms with E-state index in [1.165, 1.54) is 11.1 Å². The number of carbonyl (C=O) groups is 1. The average Bonchev–Trinajstić information content (AvgIpc) is 3.47. The Balaban J connectivity index is 1.25. The molecule has 0 unspecified atom stereocenters. The number of halogens is 1. The van der Waals surface area contributed by atoms with Crippen molar-refractivity contribution in [3.05, 3.63) is 75.3 Å². The van der Waals surface area contributed by atoms with Crippen LogP contribution < -0.4 is 14.2 Å². The standard InChI is InChI=1S/C32H33ClO6/c1-18-11-24(38-22-7-9-36-10-8-22)12-19(2)32(18)28-15-21(33)14-27-26(28)5-6-29(27)39-23-3-4-25-20(13-31(34)35)17-37-30(25)16-23/h3-4,11-12,14-16,20,22,29H,5-10,13,17H2,1-2H3,(H,34,35)/t20-,29-/m1/s1. The maximum absolute atomic E-state index is 11.2. The van der Waals surface area contributed by atoms with Gasteiger partial charge in [-0.05, 0) is 90.4 Å². The molecule has 0 radical (unpaired) electrons. The second-order valence-corrected chi connectivity index (χ2v) is 11.3. The number of ether oxygens (including phenoxy) is 4. The SMILES string of the molecule is Cc1cc(OC2CCOCC2)cc(C)c1-c1cc(Cl)cc2c1CC[C@H]2Oc1ccc2c(c1)OC[C@H]2CC(=O)O. The van der Waals surface area contributed by atoms with Crippen LogP contribution >= 0.6 is 11.6 Å². The van der Waals surface area contributed by atoms with Crippen LogP contribution in [-0.4, -0.2) is 37.0 Å². The van der Waals surface area contributed by atoms with Gasteiger partial charge in [-0.2, -0.15) is 0 Å². The first-order valence-electron chi connectivity index (χ1n) is 13.7. The lowest BCUT2D eigenvalue weighted by Gasteiger charge is -2.24. The second-order valence-electron chi connectivity index (χ2n) is 10.8. The Morgan fingerprint density at radius 3 is 2.49 bits per heavy atom. The normalized spacial score (nSPS) is 20.3. The minimum Gasteiger partial charge on any atom is -0.492 e. The van der Waals surface area contributed by atoms with E-state index < -0.39 is 5.97 Å². The minimum absolute atomic E-state index is 0.0615. The minimum atomic E-state index is -0.820. The third-order valence-electron chi connectivity index (χ3n) is 8.06. The fourth-order valence-corrected chi connectivity index (χ4v) is 6.50. The van der Waals surface area contributed by atoms with Crippen LogP contribution in [0.1, 0.15) is 65.5 Å². The number of rotatable bonds is 7. The van der Waals surface area contributed by atoms with Gasteiger partial charge in [0.1, 0.15) is 29.5 Å². The Bertz CT molecular complexity index is 1390. The first-order chi connectivity index (χ1) is 18.9. The van der Waals surface area contributed by atoms with Gasteiger partial charge in [0.25, 0.3) is 0 Å². The molecule has 2 aliphatic heterocycles. The number of benzene rings is 3. The Labute approximate surface area is 233 Å². The first kappa shape index (κ1) is 26.0. The van der Waals surface area contributed by atoms with E-state index in [2.05, 4.69) is 32.0 Å². The highest BCUT2D eigenvalue weighted by atomic mass is 35.5. The third-order valence-corrected chi connectivity index (χ3v) is 8.28. The molecule has 1 fully saturated rings. The van der Waals surface area contributed by atoms with Crippen molar-refractivity contribution in [2.75, 3.05) is 19.8 Å². The molecule has 39 heavy (non-hydrogen) atoms. The van der Waals surface area contributed by atoms with E-state index in [9.17, 15) is 9.90 Å². The zero-order valence-electron chi connectivity index (χ0n) is 22.3. The van der Waals surface area contributed by atoms with Gasteiger partial charge in [0.05, 0.1) is 26.2 Å². The summed E-state index contributed by atoms with van der Waals surface area (Å²) in [5.41, 5.74) is 8.00. The van der Waals surface area contributed by atoms with Crippen molar-refractivity contribution < 1.29 is 28.8 Å². The molecule has 3 aromatic carbocycles. The number of hydrogen-bond acceptors (Lipinski definition) is 5. The van der Waals surface area contributed by atoms with Gasteiger partial charge in [0, 0.05) is 35.4 Å². The maximum Gasteiger partial charge on any atom is 0.304 e. The summed E-state index contributed by atoms with van der Waals surface area (Å²) in [6.45, 7) is 6.16. The van der Waals surface area contributed by atoms with Gasteiger partial charge in [-0.3, -0.25) is 4.79 Å². The summed E-state index contributed by atoms with van der Waals surface area (Å²) >= 11 is 6.69. The molecule has 0 aromatic heterocycles. The molecule has 3 aromatic rings. The van der Waals surface area contributed by atoms with Gasteiger partial charge in [-0.25, -0.2) is 0 Å². The van der Waals surface area contributed by atoms with Crippen LogP contribution in [0.15, 0.2) is 42.5 Å². The lowest BCUT2D eigenvalue weighted by atomic mass is 9.90. The quantitative estimate of drug-likeness (QED) is 0.336. The molecule has 2 heterocycles. The van der Waals surface area contributed by atoms with Gasteiger partial charge < -0.3 is 24.1 Å². The number of fused-ring (bicyclic) bond motifs is 2. The highest BCUT2D eigenvalue weighted by Crippen LogP contribution is 2.45. The van der Waals surface area contributed by atoms with Crippen molar-refractivity contribution in [3.8, 4) is 28.4 Å². The lowest BCUT2D eigenvalue weighted by Crippen LogP contribution is -2.25. The van der Waals surface area contributed by atoms with E-state index in [0.717, 1.165) is 72.5 Å². The average molecular weight is 549 g/mol. The Kier molecular flexibility index (Phi) is 7.17. The largest absolute Gasteiger partial charge is 0.492 e. The van der Waals surface area contributed by atoms with E-state index in [1.54, 1.807) is 0 Å². The Morgan fingerprint density at radius 1 is 0.974 bits per heavy atom. The maximum atomic E-state index is 11.2. The molecule has 6 rings (SSSR count). The first-order valence-corrected chi connectivity index (χ1v) is 14.1. The molecular weight excluding hydrogens is 516 g/mol. The van der Waals surface area contributed by atoms with Gasteiger partial charge in [-0.1, -0.05) is 17.7 Å². The van der Waals surface area contributed by atoms with Crippen LogP contribution in [-0.2, 0) is 16.0 Å². The highest BCUT2D eigenvalue weighted by molar-refractivity contribution is 6.31. The molecule has 0 spiro atoms. The van der Waals surface area contributed by atoms with E-state index >= 15 is 0 Å². The zero-order valence-corrected chi connectivity index (χ0v) is 23.1. The van der Waals surface area contributed by atoms with Gasteiger partial charge >= 0.3 is 5.97 Å². The van der Waals surface area contributed by atoms with Gasteiger partial charge in [-0.15, -0.1) is 0 Å². The number of aliphatic carboxylic acids is 1. The second kappa shape index (κ2) is 10.7. The summed E-state index contributed by atoms with van der Waals surface area (Å²) in [7, 11) is 0. The molecular formula is C32H33ClO6. The van der Waals surface area contributed by atoms with Crippen LogP contribution in [0.5, 0.6) is 17.2 Å². The van der Waals surface area contributed by atoms with Crippen molar-refractivity contribution in [2.24, 2.45) is 0 Å². The monoisotopic (exact) mass is 548 g/mol. The zero-order chi connectivity index (χ0) is 27.1. The highest BCUT2D eigenvalue weighted by Gasteiger charge is 2.30. The summed E-state index contributed by atoms with van der Waals surface area (Å²) in [5.74, 6) is 1.38. The number of aryl methyl sites for hydroxylation is 2. The molecule has 1 aliphatic carbocycles. The predicted octanol–water partition coefficient (Wildman–Crippen LogP) is 7.20. The molecule has 3 aliphatic rings. The number of carboxylic acids is 1. The number of hydrogen-bond donors (Lipinski definition) is 1. The molecule has 0 amide bonds. The number of carboxylic acid groups (broad SMARTS) is 1. The fraction of sp³-hybridized carbons (Fsp3) is 0.406. The molecule has 2 atom stereocenters. The van der Waals surface area contributed by atoms with E-state index in [0.29, 0.717) is 23.1 Å². The summed E-state index contributed by atoms with van der Waals surface area (Å²) in [6, 6.07) is 14.1. The van der Waals surface area contributed by atoms with Crippen LogP contribution in [0.25, 0.3) is 11.1 Å². The van der Waals surface area contributed by atoms with Gasteiger partial charge in [0.2, 0.25) is 0 Å². The van der Waals surface area contributed by atoms with Crippen LogP contribution in [0.2, 0.25) is 5.02 Å². The van der Waals surface area contributed by atoms with Crippen molar-refractivity contribution in [1.29, 1.82) is 0 Å². The van der Waals surface area contributed by atoms with Crippen LogP contribution in [0, 0.1) is 13.8 Å². The van der Waals surface area contributed by atoms with E-state index in [1.807, 2.05) is 24.3 Å². The molecule has 7 heteroatoms.